The van der Waals surface area contributed by atoms with Crippen LogP contribution in [0.3, 0.4) is 0 Å². The summed E-state index contributed by atoms with van der Waals surface area (Å²) in [5.74, 6) is 0.0516. The molecule has 0 aliphatic carbocycles. The molecule has 1 aliphatic rings. The van der Waals surface area contributed by atoms with Gasteiger partial charge < -0.3 is 19.8 Å². The van der Waals surface area contributed by atoms with Crippen molar-refractivity contribution in [1.29, 1.82) is 0 Å². The number of nitrogens with one attached hydrogen (secondary N) is 3. The molecule has 1 unspecified atom stereocenters. The van der Waals surface area contributed by atoms with Crippen LogP contribution in [0.25, 0.3) is 33.4 Å². The van der Waals surface area contributed by atoms with Gasteiger partial charge in [0.2, 0.25) is 10.0 Å². The van der Waals surface area contributed by atoms with Gasteiger partial charge >= 0.3 is 5.97 Å². The summed E-state index contributed by atoms with van der Waals surface area (Å²) < 4.78 is 39.0. The van der Waals surface area contributed by atoms with Crippen LogP contribution in [0, 0.1) is 0 Å². The number of nitrogens with zero attached hydrogens (tertiary/aromatic N) is 2. The number of aromatic amines is 1. The second kappa shape index (κ2) is 11.4. The van der Waals surface area contributed by atoms with E-state index in [1.807, 2.05) is 30.3 Å². The van der Waals surface area contributed by atoms with E-state index < -0.39 is 28.1 Å². The molecule has 5 rings (SSSR count). The summed E-state index contributed by atoms with van der Waals surface area (Å²) >= 11 is 0. The van der Waals surface area contributed by atoms with Crippen molar-refractivity contribution in [2.24, 2.45) is 0 Å². The quantitative estimate of drug-likeness (QED) is 0.253. The minimum atomic E-state index is -3.92. The van der Waals surface area contributed by atoms with Crippen molar-refractivity contribution in [2.45, 2.75) is 50.2 Å². The minimum Gasteiger partial charge on any atom is -0.459 e. The van der Waals surface area contributed by atoms with Crippen LogP contribution < -0.4 is 10.0 Å². The molecule has 40 heavy (non-hydrogen) atoms. The highest BCUT2D eigenvalue weighted by Gasteiger charge is 2.23. The molecule has 10 nitrogen and oxygen atoms in total. The molecule has 0 bridgehead atoms. The van der Waals surface area contributed by atoms with Crippen molar-refractivity contribution in [3.63, 3.8) is 0 Å². The first-order valence-corrected chi connectivity index (χ1v) is 14.7. The second-order valence-corrected chi connectivity index (χ2v) is 12.4. The monoisotopic (exact) mass is 563 g/mol. The van der Waals surface area contributed by atoms with Crippen molar-refractivity contribution in [3.05, 3.63) is 60.9 Å². The average molecular weight is 564 g/mol. The molecular weight excluding hydrogens is 530 g/mol. The lowest BCUT2D eigenvalue weighted by atomic mass is 9.99. The first kappa shape index (κ1) is 27.8. The summed E-state index contributed by atoms with van der Waals surface area (Å²) in [6, 6.07) is 16.4. The summed E-state index contributed by atoms with van der Waals surface area (Å²) in [6.07, 6.45) is 3.72. The smallest absolute Gasteiger partial charge is 0.321 e. The van der Waals surface area contributed by atoms with E-state index in [9.17, 15) is 13.2 Å². The summed E-state index contributed by atoms with van der Waals surface area (Å²) in [7, 11) is -3.92. The van der Waals surface area contributed by atoms with Crippen LogP contribution in [0.1, 0.15) is 33.6 Å². The van der Waals surface area contributed by atoms with E-state index in [0.717, 1.165) is 47.2 Å². The number of hydrogen-bond donors (Lipinski definition) is 3. The topological polar surface area (TPSA) is 135 Å². The van der Waals surface area contributed by atoms with Crippen LogP contribution in [0.5, 0.6) is 0 Å². The van der Waals surface area contributed by atoms with E-state index in [2.05, 4.69) is 25.0 Å². The minimum absolute atomic E-state index is 0.0379. The predicted octanol–water partition coefficient (Wildman–Crippen LogP) is 4.50. The van der Waals surface area contributed by atoms with Gasteiger partial charge in [-0.2, -0.15) is 4.72 Å². The molecule has 11 heteroatoms. The SMILES string of the molecule is CC(C)(C)OC(=O)CNS(=O)(=O)c1ccc(-c2[nH]c3ncnc(NCC4CCCO4)c3c2-c2ccccc2)cc1. The van der Waals surface area contributed by atoms with Gasteiger partial charge in [0, 0.05) is 18.7 Å². The van der Waals surface area contributed by atoms with Gasteiger partial charge in [0.05, 0.1) is 22.1 Å². The first-order chi connectivity index (χ1) is 19.1. The number of fused-ring (bicyclic) bond motifs is 1. The number of H-pyrrole nitrogens is 1. The fraction of sp³-hybridized carbons (Fsp3) is 0.345. The van der Waals surface area contributed by atoms with Crippen LogP contribution in [0.4, 0.5) is 5.82 Å². The Labute approximate surface area is 233 Å². The molecular formula is C29H33N5O5S. The number of rotatable bonds is 9. The molecule has 1 saturated heterocycles. The molecule has 3 heterocycles. The zero-order chi connectivity index (χ0) is 28.3. The van der Waals surface area contributed by atoms with E-state index in [0.29, 0.717) is 18.0 Å². The third kappa shape index (κ3) is 6.33. The highest BCUT2D eigenvalue weighted by molar-refractivity contribution is 7.89. The van der Waals surface area contributed by atoms with E-state index in [4.69, 9.17) is 9.47 Å². The highest BCUT2D eigenvalue weighted by atomic mass is 32.2. The maximum absolute atomic E-state index is 12.8. The van der Waals surface area contributed by atoms with Crippen molar-refractivity contribution >= 4 is 32.8 Å². The molecule has 0 amide bonds. The van der Waals surface area contributed by atoms with Crippen LogP contribution in [-0.4, -0.2) is 60.7 Å². The Morgan fingerprint density at radius 3 is 2.50 bits per heavy atom. The third-order valence-corrected chi connectivity index (χ3v) is 7.87. The van der Waals surface area contributed by atoms with Crippen LogP contribution in [0.15, 0.2) is 65.8 Å². The Bertz CT molecular complexity index is 1590. The lowest BCUT2D eigenvalue weighted by molar-refractivity contribution is -0.153. The van der Waals surface area contributed by atoms with Crippen molar-refractivity contribution in [3.8, 4) is 22.4 Å². The Morgan fingerprint density at radius 2 is 1.82 bits per heavy atom. The molecule has 2 aromatic carbocycles. The molecule has 3 N–H and O–H groups in total. The molecule has 1 aliphatic heterocycles. The fourth-order valence-corrected chi connectivity index (χ4v) is 5.67. The number of carbonyl (C=O) groups excluding carboxylic acids is 1. The summed E-state index contributed by atoms with van der Waals surface area (Å²) in [5, 5.41) is 4.29. The Hall–Kier alpha value is -3.80. The predicted molar refractivity (Wildman–Crippen MR) is 153 cm³/mol. The van der Waals surface area contributed by atoms with E-state index in [-0.39, 0.29) is 11.0 Å². The Morgan fingerprint density at radius 1 is 1.07 bits per heavy atom. The van der Waals surface area contributed by atoms with E-state index >= 15 is 0 Å². The first-order valence-electron chi connectivity index (χ1n) is 13.2. The second-order valence-electron chi connectivity index (χ2n) is 10.6. The van der Waals surface area contributed by atoms with Gasteiger partial charge in [-0.3, -0.25) is 4.79 Å². The van der Waals surface area contributed by atoms with E-state index in [1.165, 1.54) is 18.5 Å². The zero-order valence-electron chi connectivity index (χ0n) is 22.7. The molecule has 0 saturated carbocycles. The van der Waals surface area contributed by atoms with Crippen LogP contribution >= 0.6 is 0 Å². The molecule has 0 radical (unpaired) electrons. The number of benzene rings is 2. The number of hydrogen-bond acceptors (Lipinski definition) is 8. The summed E-state index contributed by atoms with van der Waals surface area (Å²) in [6.45, 7) is 6.13. The Balaban J connectivity index is 1.47. The maximum Gasteiger partial charge on any atom is 0.321 e. The molecule has 4 aromatic rings. The van der Waals surface area contributed by atoms with E-state index in [1.54, 1.807) is 32.9 Å². The van der Waals surface area contributed by atoms with Crippen molar-refractivity contribution in [2.75, 3.05) is 25.0 Å². The van der Waals surface area contributed by atoms with Crippen LogP contribution in [-0.2, 0) is 24.3 Å². The number of anilines is 1. The number of ether oxygens (including phenoxy) is 2. The number of esters is 1. The average Bonchev–Trinajstić information content (AvgIpc) is 3.59. The summed E-state index contributed by atoms with van der Waals surface area (Å²) in [5.41, 5.74) is 3.39. The molecule has 0 spiro atoms. The fourth-order valence-electron chi connectivity index (χ4n) is 4.70. The van der Waals surface area contributed by atoms with Crippen molar-refractivity contribution < 1.29 is 22.7 Å². The van der Waals surface area contributed by atoms with Gasteiger partial charge in [0.15, 0.2) is 0 Å². The molecule has 1 fully saturated rings. The normalized spacial score (nSPS) is 15.8. The van der Waals surface area contributed by atoms with Gasteiger partial charge in [-0.05, 0) is 56.9 Å². The van der Waals surface area contributed by atoms with Gasteiger partial charge in [-0.15, -0.1) is 0 Å². The van der Waals surface area contributed by atoms with Gasteiger partial charge in [-0.1, -0.05) is 42.5 Å². The highest BCUT2D eigenvalue weighted by Crippen LogP contribution is 2.40. The largest absolute Gasteiger partial charge is 0.459 e. The lowest BCUT2D eigenvalue weighted by Gasteiger charge is -2.19. The van der Waals surface area contributed by atoms with Gasteiger partial charge in [0.25, 0.3) is 0 Å². The zero-order valence-corrected chi connectivity index (χ0v) is 23.5. The number of aromatic nitrogens is 3. The molecule has 1 atom stereocenters. The third-order valence-electron chi connectivity index (χ3n) is 6.45. The molecule has 210 valence electrons. The molecule has 2 aromatic heterocycles. The standard InChI is InChI=1S/C29H33N5O5S/c1-29(2,3)39-23(35)17-33-40(36,37)22-13-11-20(12-14-22)26-24(19-8-5-4-6-9-19)25-27(31-18-32-28(25)34-26)30-16-21-10-7-15-38-21/h4-6,8-9,11-14,18,21,33H,7,10,15-17H2,1-3H3,(H2,30,31,32,34). The van der Waals surface area contributed by atoms with Gasteiger partial charge in [0.1, 0.15) is 29.9 Å². The van der Waals surface area contributed by atoms with Crippen molar-refractivity contribution in [1.82, 2.24) is 19.7 Å². The number of carbonyl (C=O) groups is 1. The summed E-state index contributed by atoms with van der Waals surface area (Å²) in [4.78, 5) is 24.5. The Kier molecular flexibility index (Phi) is 7.88. The van der Waals surface area contributed by atoms with Crippen LogP contribution in [0.2, 0.25) is 0 Å². The number of sulfonamides is 1. The van der Waals surface area contributed by atoms with Gasteiger partial charge in [-0.25, -0.2) is 18.4 Å². The maximum atomic E-state index is 12.8. The lowest BCUT2D eigenvalue weighted by Crippen LogP contribution is -2.34.